The molecule has 1 heterocycles. The van der Waals surface area contributed by atoms with E-state index < -0.39 is 5.54 Å². The minimum absolute atomic E-state index is 0.0220. The number of amides is 4. The number of carbonyl (C=O) groups excluding carboxylic acids is 3. The maximum absolute atomic E-state index is 12.6. The third-order valence-electron chi connectivity index (χ3n) is 5.74. The summed E-state index contributed by atoms with van der Waals surface area (Å²) >= 11 is 0. The standard InChI is InChI=1S/C21H29N3O4/c1-15-8-9-17(28-3)16(13-15)14-23(2)18(25)7-6-12-24-19(26)21(22-20(24)27)10-4-5-11-21/h8-9,13H,4-7,10-12,14H2,1-3H3,(H,22,27). The zero-order chi connectivity index (χ0) is 20.3. The minimum Gasteiger partial charge on any atom is -0.496 e. The minimum atomic E-state index is -0.681. The molecule has 0 aromatic heterocycles. The van der Waals surface area contributed by atoms with Gasteiger partial charge in [0.2, 0.25) is 5.91 Å². The molecular formula is C21H29N3O4. The normalized spacial score (nSPS) is 17.9. The predicted molar refractivity (Wildman–Crippen MR) is 105 cm³/mol. The Hall–Kier alpha value is -2.57. The summed E-state index contributed by atoms with van der Waals surface area (Å²) in [4.78, 5) is 40.2. The molecule has 152 valence electrons. The number of hydrogen-bond donors (Lipinski definition) is 1. The van der Waals surface area contributed by atoms with Gasteiger partial charge in [0.15, 0.2) is 0 Å². The Bertz CT molecular complexity index is 771. The second kappa shape index (κ2) is 8.20. The van der Waals surface area contributed by atoms with Gasteiger partial charge in [-0.3, -0.25) is 14.5 Å². The van der Waals surface area contributed by atoms with Gasteiger partial charge >= 0.3 is 6.03 Å². The van der Waals surface area contributed by atoms with Crippen molar-refractivity contribution in [2.75, 3.05) is 20.7 Å². The second-order valence-corrected chi connectivity index (χ2v) is 7.84. The number of methoxy groups -OCH3 is 1. The molecule has 28 heavy (non-hydrogen) atoms. The summed E-state index contributed by atoms with van der Waals surface area (Å²) in [5, 5.41) is 2.87. The van der Waals surface area contributed by atoms with E-state index in [4.69, 9.17) is 4.74 Å². The van der Waals surface area contributed by atoms with E-state index in [1.165, 1.54) is 4.90 Å². The molecule has 3 rings (SSSR count). The zero-order valence-electron chi connectivity index (χ0n) is 16.9. The van der Waals surface area contributed by atoms with Crippen LogP contribution in [-0.2, 0) is 16.1 Å². The molecule has 2 fully saturated rings. The van der Waals surface area contributed by atoms with E-state index in [0.717, 1.165) is 29.7 Å². The first kappa shape index (κ1) is 20.2. The molecule has 2 aliphatic rings. The molecule has 1 spiro atoms. The lowest BCUT2D eigenvalue weighted by Gasteiger charge is -2.21. The highest BCUT2D eigenvalue weighted by molar-refractivity contribution is 6.07. The molecule has 0 bridgehead atoms. The lowest BCUT2D eigenvalue weighted by Crippen LogP contribution is -2.44. The molecule has 1 aromatic carbocycles. The van der Waals surface area contributed by atoms with Crippen molar-refractivity contribution in [1.82, 2.24) is 15.1 Å². The predicted octanol–water partition coefficient (Wildman–Crippen LogP) is 2.61. The van der Waals surface area contributed by atoms with Crippen LogP contribution in [0.25, 0.3) is 0 Å². The Kier molecular flexibility index (Phi) is 5.91. The van der Waals surface area contributed by atoms with Crippen LogP contribution in [0.15, 0.2) is 18.2 Å². The van der Waals surface area contributed by atoms with Gasteiger partial charge in [-0.2, -0.15) is 0 Å². The van der Waals surface area contributed by atoms with E-state index in [0.29, 0.717) is 25.8 Å². The molecule has 1 aromatic rings. The third-order valence-corrected chi connectivity index (χ3v) is 5.74. The molecule has 1 aliphatic heterocycles. The lowest BCUT2D eigenvalue weighted by molar-refractivity contribution is -0.133. The number of ether oxygens (including phenoxy) is 1. The Balaban J connectivity index is 1.51. The highest BCUT2D eigenvalue weighted by Crippen LogP contribution is 2.35. The van der Waals surface area contributed by atoms with Gasteiger partial charge in [-0.15, -0.1) is 0 Å². The number of benzene rings is 1. The fourth-order valence-corrected chi connectivity index (χ4v) is 4.15. The summed E-state index contributed by atoms with van der Waals surface area (Å²) in [6.07, 6.45) is 4.11. The smallest absolute Gasteiger partial charge is 0.325 e. The number of carbonyl (C=O) groups is 3. The van der Waals surface area contributed by atoms with Crippen molar-refractivity contribution in [2.45, 2.75) is 57.5 Å². The van der Waals surface area contributed by atoms with E-state index in [1.54, 1.807) is 19.1 Å². The van der Waals surface area contributed by atoms with Crippen LogP contribution in [0.3, 0.4) is 0 Å². The number of urea groups is 1. The van der Waals surface area contributed by atoms with Crippen molar-refractivity contribution < 1.29 is 19.1 Å². The first-order valence-corrected chi connectivity index (χ1v) is 9.88. The Morgan fingerprint density at radius 2 is 2.00 bits per heavy atom. The van der Waals surface area contributed by atoms with Gasteiger partial charge in [0.25, 0.3) is 5.91 Å². The molecule has 1 saturated carbocycles. The van der Waals surface area contributed by atoms with Crippen LogP contribution in [0.4, 0.5) is 4.79 Å². The van der Waals surface area contributed by atoms with Crippen LogP contribution in [0.1, 0.15) is 49.7 Å². The zero-order valence-corrected chi connectivity index (χ0v) is 16.9. The van der Waals surface area contributed by atoms with E-state index in [9.17, 15) is 14.4 Å². The fourth-order valence-electron chi connectivity index (χ4n) is 4.15. The van der Waals surface area contributed by atoms with Crippen LogP contribution >= 0.6 is 0 Å². The third kappa shape index (κ3) is 3.98. The molecule has 1 aliphatic carbocycles. The van der Waals surface area contributed by atoms with Gasteiger partial charge < -0.3 is 15.0 Å². The average Bonchev–Trinajstić information content (AvgIpc) is 3.22. The van der Waals surface area contributed by atoms with E-state index in [-0.39, 0.29) is 30.8 Å². The lowest BCUT2D eigenvalue weighted by atomic mass is 9.98. The Morgan fingerprint density at radius 1 is 1.29 bits per heavy atom. The van der Waals surface area contributed by atoms with Crippen LogP contribution in [0, 0.1) is 6.92 Å². The van der Waals surface area contributed by atoms with Crippen molar-refractivity contribution in [3.63, 3.8) is 0 Å². The van der Waals surface area contributed by atoms with Crippen molar-refractivity contribution in [3.05, 3.63) is 29.3 Å². The second-order valence-electron chi connectivity index (χ2n) is 7.84. The van der Waals surface area contributed by atoms with Crippen molar-refractivity contribution >= 4 is 17.8 Å². The molecule has 1 saturated heterocycles. The first-order valence-electron chi connectivity index (χ1n) is 9.88. The number of rotatable bonds is 7. The van der Waals surface area contributed by atoms with Gasteiger partial charge in [0, 0.05) is 32.1 Å². The number of hydrogen-bond acceptors (Lipinski definition) is 4. The highest BCUT2D eigenvalue weighted by Gasteiger charge is 2.52. The fraction of sp³-hybridized carbons (Fsp3) is 0.571. The molecule has 7 heteroatoms. The van der Waals surface area contributed by atoms with Gasteiger partial charge in [-0.05, 0) is 32.3 Å². The van der Waals surface area contributed by atoms with Gasteiger partial charge in [0.1, 0.15) is 11.3 Å². The Labute approximate surface area is 166 Å². The summed E-state index contributed by atoms with van der Waals surface area (Å²) in [5.41, 5.74) is 1.38. The summed E-state index contributed by atoms with van der Waals surface area (Å²) in [5.74, 6) is 0.609. The molecule has 4 amide bonds. The molecule has 7 nitrogen and oxygen atoms in total. The molecule has 0 atom stereocenters. The number of nitrogens with zero attached hydrogens (tertiary/aromatic N) is 2. The monoisotopic (exact) mass is 387 g/mol. The first-order chi connectivity index (χ1) is 13.4. The van der Waals surface area contributed by atoms with Gasteiger partial charge in [0.05, 0.1) is 7.11 Å². The van der Waals surface area contributed by atoms with Gasteiger partial charge in [-0.1, -0.05) is 30.5 Å². The average molecular weight is 387 g/mol. The van der Waals surface area contributed by atoms with E-state index in [1.807, 2.05) is 25.1 Å². The largest absolute Gasteiger partial charge is 0.496 e. The molecule has 1 N–H and O–H groups in total. The highest BCUT2D eigenvalue weighted by atomic mass is 16.5. The van der Waals surface area contributed by atoms with Crippen LogP contribution in [-0.4, -0.2) is 53.9 Å². The summed E-state index contributed by atoms with van der Waals surface area (Å²) < 4.78 is 5.37. The van der Waals surface area contributed by atoms with Gasteiger partial charge in [-0.25, -0.2) is 4.79 Å². The van der Waals surface area contributed by atoms with Crippen LogP contribution in [0.2, 0.25) is 0 Å². The molecular weight excluding hydrogens is 358 g/mol. The summed E-state index contributed by atoms with van der Waals surface area (Å²) in [6.45, 7) is 2.73. The molecule has 0 unspecified atom stereocenters. The van der Waals surface area contributed by atoms with Crippen molar-refractivity contribution in [2.24, 2.45) is 0 Å². The maximum atomic E-state index is 12.6. The summed E-state index contributed by atoms with van der Waals surface area (Å²) in [6, 6.07) is 5.56. The summed E-state index contributed by atoms with van der Waals surface area (Å²) in [7, 11) is 3.37. The van der Waals surface area contributed by atoms with E-state index >= 15 is 0 Å². The van der Waals surface area contributed by atoms with E-state index in [2.05, 4.69) is 5.32 Å². The Morgan fingerprint density at radius 3 is 2.68 bits per heavy atom. The van der Waals surface area contributed by atoms with Crippen molar-refractivity contribution in [3.8, 4) is 5.75 Å². The quantitative estimate of drug-likeness (QED) is 0.730. The topological polar surface area (TPSA) is 79.0 Å². The van der Waals surface area contributed by atoms with Crippen LogP contribution in [0.5, 0.6) is 5.75 Å². The number of nitrogens with one attached hydrogen (secondary N) is 1. The maximum Gasteiger partial charge on any atom is 0.325 e. The van der Waals surface area contributed by atoms with Crippen LogP contribution < -0.4 is 10.1 Å². The number of aryl methyl sites for hydroxylation is 1. The molecule has 0 radical (unpaired) electrons. The van der Waals surface area contributed by atoms with Crippen molar-refractivity contribution in [1.29, 1.82) is 0 Å². The number of imide groups is 1. The SMILES string of the molecule is COc1ccc(C)cc1CN(C)C(=O)CCCN1C(=O)NC2(CCCC2)C1=O.